The summed E-state index contributed by atoms with van der Waals surface area (Å²) in [5.41, 5.74) is 1.000. The molecule has 0 amide bonds. The Bertz CT molecular complexity index is 544. The molecule has 0 spiro atoms. The normalized spacial score (nSPS) is 16.9. The van der Waals surface area contributed by atoms with E-state index in [0.717, 1.165) is 11.5 Å². The van der Waals surface area contributed by atoms with Gasteiger partial charge in [0.05, 0.1) is 5.69 Å². The van der Waals surface area contributed by atoms with E-state index in [1.54, 1.807) is 0 Å². The minimum absolute atomic E-state index is 0.569. The highest BCUT2D eigenvalue weighted by molar-refractivity contribution is 5.92. The van der Waals surface area contributed by atoms with Crippen molar-refractivity contribution < 1.29 is 0 Å². The molecule has 1 aliphatic carbocycles. The lowest BCUT2D eigenvalue weighted by Gasteiger charge is -2.23. The summed E-state index contributed by atoms with van der Waals surface area (Å²) in [6.45, 7) is 2.01. The standard InChI is InChI=1S/C15H19N3/c1-11-13-9-5-6-10-14(13)15(18-17-11)16-12-7-3-2-4-8-12/h5-6,9-10,12H,2-4,7-8H2,1H3,(H,16,18). The van der Waals surface area contributed by atoms with E-state index in [0.29, 0.717) is 6.04 Å². The van der Waals surface area contributed by atoms with Gasteiger partial charge >= 0.3 is 0 Å². The van der Waals surface area contributed by atoms with Crippen molar-refractivity contribution in [2.24, 2.45) is 0 Å². The predicted molar refractivity (Wildman–Crippen MR) is 74.8 cm³/mol. The van der Waals surface area contributed by atoms with Gasteiger partial charge in [-0.15, -0.1) is 5.10 Å². The van der Waals surface area contributed by atoms with Gasteiger partial charge in [-0.1, -0.05) is 43.5 Å². The van der Waals surface area contributed by atoms with Gasteiger partial charge in [-0.05, 0) is 19.8 Å². The SMILES string of the molecule is Cc1nnc(NC2CCCCC2)c2ccccc12. The largest absolute Gasteiger partial charge is 0.365 e. The topological polar surface area (TPSA) is 37.8 Å². The van der Waals surface area contributed by atoms with Gasteiger partial charge in [0.15, 0.2) is 5.82 Å². The first-order chi connectivity index (χ1) is 8.84. The molecule has 3 heteroatoms. The minimum atomic E-state index is 0.569. The van der Waals surface area contributed by atoms with E-state index in [2.05, 4.69) is 39.8 Å². The van der Waals surface area contributed by atoms with Crippen molar-refractivity contribution in [3.8, 4) is 0 Å². The Labute approximate surface area is 108 Å². The molecule has 94 valence electrons. The van der Waals surface area contributed by atoms with E-state index < -0.39 is 0 Å². The lowest BCUT2D eigenvalue weighted by atomic mass is 9.95. The first-order valence-corrected chi connectivity index (χ1v) is 6.83. The average molecular weight is 241 g/mol. The van der Waals surface area contributed by atoms with Gasteiger partial charge < -0.3 is 5.32 Å². The number of nitrogens with zero attached hydrogens (tertiary/aromatic N) is 2. The first-order valence-electron chi connectivity index (χ1n) is 6.83. The third-order valence-corrected chi connectivity index (χ3v) is 3.82. The fourth-order valence-electron chi connectivity index (χ4n) is 2.78. The Morgan fingerprint density at radius 2 is 1.72 bits per heavy atom. The highest BCUT2D eigenvalue weighted by Gasteiger charge is 2.15. The molecule has 3 rings (SSSR count). The zero-order chi connectivity index (χ0) is 12.4. The molecule has 1 aliphatic rings. The quantitative estimate of drug-likeness (QED) is 0.871. The summed E-state index contributed by atoms with van der Waals surface area (Å²) in [6, 6.07) is 8.93. The molecular formula is C15H19N3. The molecule has 1 heterocycles. The molecule has 0 atom stereocenters. The Morgan fingerprint density at radius 3 is 2.50 bits per heavy atom. The summed E-state index contributed by atoms with van der Waals surface area (Å²) in [5.74, 6) is 0.947. The Hall–Kier alpha value is -1.64. The van der Waals surface area contributed by atoms with Crippen LogP contribution in [0.25, 0.3) is 10.8 Å². The molecule has 1 aromatic heterocycles. The maximum atomic E-state index is 4.34. The number of aryl methyl sites for hydroxylation is 1. The van der Waals surface area contributed by atoms with Gasteiger partial charge in [-0.25, -0.2) is 0 Å². The van der Waals surface area contributed by atoms with Gasteiger partial charge in [-0.2, -0.15) is 5.10 Å². The molecule has 1 aromatic carbocycles. The molecule has 0 saturated heterocycles. The Kier molecular flexibility index (Phi) is 3.13. The number of rotatable bonds is 2. The molecule has 1 saturated carbocycles. The number of hydrogen-bond donors (Lipinski definition) is 1. The van der Waals surface area contributed by atoms with Crippen molar-refractivity contribution >= 4 is 16.6 Å². The second-order valence-electron chi connectivity index (χ2n) is 5.16. The lowest BCUT2D eigenvalue weighted by molar-refractivity contribution is 0.462. The van der Waals surface area contributed by atoms with Gasteiger partial charge in [0.2, 0.25) is 0 Å². The Morgan fingerprint density at radius 1 is 1.00 bits per heavy atom. The molecule has 0 radical (unpaired) electrons. The summed E-state index contributed by atoms with van der Waals surface area (Å²) in [6.07, 6.45) is 6.54. The second-order valence-corrected chi connectivity index (χ2v) is 5.16. The number of nitrogens with one attached hydrogen (secondary N) is 1. The van der Waals surface area contributed by atoms with Crippen molar-refractivity contribution in [1.82, 2.24) is 10.2 Å². The second kappa shape index (κ2) is 4.92. The number of benzene rings is 1. The Balaban J connectivity index is 1.94. The smallest absolute Gasteiger partial charge is 0.156 e. The van der Waals surface area contributed by atoms with E-state index in [9.17, 15) is 0 Å². The third-order valence-electron chi connectivity index (χ3n) is 3.82. The van der Waals surface area contributed by atoms with Crippen LogP contribution in [-0.4, -0.2) is 16.2 Å². The van der Waals surface area contributed by atoms with Crippen LogP contribution in [0.1, 0.15) is 37.8 Å². The summed E-state index contributed by atoms with van der Waals surface area (Å²) >= 11 is 0. The van der Waals surface area contributed by atoms with E-state index >= 15 is 0 Å². The van der Waals surface area contributed by atoms with Crippen LogP contribution in [0.2, 0.25) is 0 Å². The third kappa shape index (κ3) is 2.17. The molecule has 18 heavy (non-hydrogen) atoms. The van der Waals surface area contributed by atoms with Crippen molar-refractivity contribution in [3.63, 3.8) is 0 Å². The van der Waals surface area contributed by atoms with Crippen LogP contribution in [0.3, 0.4) is 0 Å². The van der Waals surface area contributed by atoms with Crippen molar-refractivity contribution in [1.29, 1.82) is 0 Å². The van der Waals surface area contributed by atoms with E-state index in [1.807, 2.05) is 6.92 Å². The van der Waals surface area contributed by atoms with E-state index in [4.69, 9.17) is 0 Å². The van der Waals surface area contributed by atoms with Crippen LogP contribution in [-0.2, 0) is 0 Å². The molecule has 0 unspecified atom stereocenters. The molecule has 1 fully saturated rings. The zero-order valence-electron chi connectivity index (χ0n) is 10.8. The molecule has 0 bridgehead atoms. The number of hydrogen-bond acceptors (Lipinski definition) is 3. The highest BCUT2D eigenvalue weighted by Crippen LogP contribution is 2.26. The zero-order valence-corrected chi connectivity index (χ0v) is 10.8. The summed E-state index contributed by atoms with van der Waals surface area (Å²) < 4.78 is 0. The molecular weight excluding hydrogens is 222 g/mol. The highest BCUT2D eigenvalue weighted by atomic mass is 15.2. The maximum Gasteiger partial charge on any atom is 0.156 e. The van der Waals surface area contributed by atoms with Gasteiger partial charge in [0.25, 0.3) is 0 Å². The van der Waals surface area contributed by atoms with Crippen LogP contribution < -0.4 is 5.32 Å². The van der Waals surface area contributed by atoms with Gasteiger partial charge in [0, 0.05) is 16.8 Å². The number of anilines is 1. The van der Waals surface area contributed by atoms with E-state index in [-0.39, 0.29) is 0 Å². The molecule has 0 aliphatic heterocycles. The van der Waals surface area contributed by atoms with Gasteiger partial charge in [-0.3, -0.25) is 0 Å². The van der Waals surface area contributed by atoms with Crippen molar-refractivity contribution in [2.75, 3.05) is 5.32 Å². The van der Waals surface area contributed by atoms with Crippen molar-refractivity contribution in [2.45, 2.75) is 45.1 Å². The molecule has 1 N–H and O–H groups in total. The number of fused-ring (bicyclic) bond motifs is 1. The van der Waals surface area contributed by atoms with Crippen LogP contribution in [0.5, 0.6) is 0 Å². The minimum Gasteiger partial charge on any atom is -0.365 e. The van der Waals surface area contributed by atoms with Crippen LogP contribution in [0, 0.1) is 6.92 Å². The summed E-state index contributed by atoms with van der Waals surface area (Å²) in [4.78, 5) is 0. The van der Waals surface area contributed by atoms with Gasteiger partial charge in [0.1, 0.15) is 0 Å². The van der Waals surface area contributed by atoms with E-state index in [1.165, 1.54) is 42.9 Å². The monoisotopic (exact) mass is 241 g/mol. The van der Waals surface area contributed by atoms with Crippen LogP contribution in [0.4, 0.5) is 5.82 Å². The predicted octanol–water partition coefficient (Wildman–Crippen LogP) is 3.68. The van der Waals surface area contributed by atoms with Crippen molar-refractivity contribution in [3.05, 3.63) is 30.0 Å². The lowest BCUT2D eigenvalue weighted by Crippen LogP contribution is -2.23. The fourth-order valence-corrected chi connectivity index (χ4v) is 2.78. The first kappa shape index (κ1) is 11.5. The van der Waals surface area contributed by atoms with Crippen LogP contribution >= 0.6 is 0 Å². The summed E-state index contributed by atoms with van der Waals surface area (Å²) in [5, 5.41) is 14.6. The molecule has 3 nitrogen and oxygen atoms in total. The summed E-state index contributed by atoms with van der Waals surface area (Å²) in [7, 11) is 0. The van der Waals surface area contributed by atoms with Crippen LogP contribution in [0.15, 0.2) is 24.3 Å². The number of aromatic nitrogens is 2. The molecule has 2 aromatic rings. The average Bonchev–Trinajstić information content (AvgIpc) is 2.44. The fraction of sp³-hybridized carbons (Fsp3) is 0.467. The maximum absolute atomic E-state index is 4.34.